The van der Waals surface area contributed by atoms with Gasteiger partial charge in [0, 0.05) is 0 Å². The molecule has 0 aliphatic rings. The van der Waals surface area contributed by atoms with Crippen molar-refractivity contribution < 1.29 is 14.9 Å². The van der Waals surface area contributed by atoms with Crippen LogP contribution in [0.5, 0.6) is 5.75 Å². The molecule has 1 atom stereocenters. The Morgan fingerprint density at radius 1 is 1.35 bits per heavy atom. The summed E-state index contributed by atoms with van der Waals surface area (Å²) >= 11 is 0. The van der Waals surface area contributed by atoms with Crippen molar-refractivity contribution in [2.45, 2.75) is 39.2 Å². The largest absolute Gasteiger partial charge is 0.493 e. The number of aliphatic hydroxyl groups is 2. The maximum Gasteiger partial charge on any atom is 0.122 e. The van der Waals surface area contributed by atoms with Gasteiger partial charge in [-0.1, -0.05) is 24.6 Å². The summed E-state index contributed by atoms with van der Waals surface area (Å²) in [6.45, 7) is 4.63. The van der Waals surface area contributed by atoms with E-state index in [4.69, 9.17) is 9.84 Å². The van der Waals surface area contributed by atoms with Crippen molar-refractivity contribution in [2.24, 2.45) is 0 Å². The Bertz CT molecular complexity index is 336. The standard InChI is InChI=1S/C14H22O3/c1-3-8-17-14-7-4-11(2)9-12(14)5-6-13(16)10-15/h4,7,9,13,15-16H,3,5-6,8,10H2,1-2H3. The van der Waals surface area contributed by atoms with Crippen LogP contribution in [-0.2, 0) is 6.42 Å². The Morgan fingerprint density at radius 3 is 2.76 bits per heavy atom. The van der Waals surface area contributed by atoms with Crippen LogP contribution in [0.15, 0.2) is 18.2 Å². The first kappa shape index (κ1) is 14.0. The highest BCUT2D eigenvalue weighted by Crippen LogP contribution is 2.22. The highest BCUT2D eigenvalue weighted by Gasteiger charge is 2.07. The third-order valence-corrected chi connectivity index (χ3v) is 2.64. The van der Waals surface area contributed by atoms with Gasteiger partial charge in [-0.2, -0.15) is 0 Å². The molecular formula is C14H22O3. The fraction of sp³-hybridized carbons (Fsp3) is 0.571. The molecule has 0 aromatic heterocycles. The Morgan fingerprint density at radius 2 is 2.12 bits per heavy atom. The average Bonchev–Trinajstić information content (AvgIpc) is 2.34. The van der Waals surface area contributed by atoms with Crippen molar-refractivity contribution in [3.05, 3.63) is 29.3 Å². The summed E-state index contributed by atoms with van der Waals surface area (Å²) in [7, 11) is 0. The van der Waals surface area contributed by atoms with Crippen molar-refractivity contribution in [1.29, 1.82) is 0 Å². The maximum atomic E-state index is 9.36. The Balaban J connectivity index is 2.69. The molecular weight excluding hydrogens is 216 g/mol. The van der Waals surface area contributed by atoms with Gasteiger partial charge >= 0.3 is 0 Å². The molecule has 0 saturated carbocycles. The van der Waals surface area contributed by atoms with Crippen LogP contribution in [-0.4, -0.2) is 29.5 Å². The van der Waals surface area contributed by atoms with Crippen LogP contribution in [0.4, 0.5) is 0 Å². The number of hydrogen-bond donors (Lipinski definition) is 2. The fourth-order valence-electron chi connectivity index (χ4n) is 1.67. The Labute approximate surface area is 103 Å². The smallest absolute Gasteiger partial charge is 0.122 e. The van der Waals surface area contributed by atoms with Crippen LogP contribution in [0, 0.1) is 6.92 Å². The van der Waals surface area contributed by atoms with Crippen molar-refractivity contribution in [3.8, 4) is 5.75 Å². The quantitative estimate of drug-likeness (QED) is 0.764. The Kier molecular flexibility index (Phi) is 6.01. The third kappa shape index (κ3) is 4.75. The highest BCUT2D eigenvalue weighted by molar-refractivity contribution is 5.37. The predicted molar refractivity (Wildman–Crippen MR) is 68.4 cm³/mol. The molecule has 1 aromatic rings. The van der Waals surface area contributed by atoms with Gasteiger partial charge in [0.1, 0.15) is 5.75 Å². The van der Waals surface area contributed by atoms with E-state index in [1.807, 2.05) is 19.1 Å². The molecule has 0 spiro atoms. The number of hydrogen-bond acceptors (Lipinski definition) is 3. The van der Waals surface area contributed by atoms with E-state index < -0.39 is 6.10 Å². The van der Waals surface area contributed by atoms with Gasteiger partial charge in [-0.3, -0.25) is 0 Å². The van der Waals surface area contributed by atoms with Crippen LogP contribution in [0.1, 0.15) is 30.9 Å². The summed E-state index contributed by atoms with van der Waals surface area (Å²) in [6, 6.07) is 6.08. The molecule has 1 rings (SSSR count). The summed E-state index contributed by atoms with van der Waals surface area (Å²) in [5, 5.41) is 18.2. The van der Waals surface area contributed by atoms with Gasteiger partial charge in [-0.05, 0) is 37.8 Å². The Hall–Kier alpha value is -1.06. The molecule has 0 aliphatic heterocycles. The number of benzene rings is 1. The molecule has 0 fully saturated rings. The molecule has 1 unspecified atom stereocenters. The van der Waals surface area contributed by atoms with Crippen LogP contribution < -0.4 is 4.74 Å². The molecule has 96 valence electrons. The molecule has 0 aliphatic carbocycles. The van der Waals surface area contributed by atoms with E-state index >= 15 is 0 Å². The summed E-state index contributed by atoms with van der Waals surface area (Å²) in [5.41, 5.74) is 2.29. The summed E-state index contributed by atoms with van der Waals surface area (Å²) in [5.74, 6) is 0.891. The SMILES string of the molecule is CCCOc1ccc(C)cc1CCC(O)CO. The van der Waals surface area contributed by atoms with E-state index in [-0.39, 0.29) is 6.61 Å². The van der Waals surface area contributed by atoms with E-state index in [0.717, 1.165) is 24.2 Å². The fourth-order valence-corrected chi connectivity index (χ4v) is 1.67. The van der Waals surface area contributed by atoms with Gasteiger partial charge in [0.05, 0.1) is 19.3 Å². The molecule has 2 N–H and O–H groups in total. The van der Waals surface area contributed by atoms with E-state index in [0.29, 0.717) is 13.0 Å². The second kappa shape index (κ2) is 7.30. The lowest BCUT2D eigenvalue weighted by Crippen LogP contribution is -2.13. The van der Waals surface area contributed by atoms with Gasteiger partial charge < -0.3 is 14.9 Å². The average molecular weight is 238 g/mol. The summed E-state index contributed by atoms with van der Waals surface area (Å²) in [4.78, 5) is 0. The molecule has 0 radical (unpaired) electrons. The summed E-state index contributed by atoms with van der Waals surface area (Å²) in [6.07, 6.45) is 1.62. The lowest BCUT2D eigenvalue weighted by atomic mass is 10.0. The maximum absolute atomic E-state index is 9.36. The van der Waals surface area contributed by atoms with Crippen LogP contribution in [0.25, 0.3) is 0 Å². The van der Waals surface area contributed by atoms with Gasteiger partial charge in [0.15, 0.2) is 0 Å². The molecule has 0 bridgehead atoms. The third-order valence-electron chi connectivity index (χ3n) is 2.64. The monoisotopic (exact) mass is 238 g/mol. The zero-order valence-corrected chi connectivity index (χ0v) is 10.6. The van der Waals surface area contributed by atoms with Gasteiger partial charge in [-0.15, -0.1) is 0 Å². The van der Waals surface area contributed by atoms with Crippen molar-refractivity contribution in [1.82, 2.24) is 0 Å². The molecule has 1 aromatic carbocycles. The normalized spacial score (nSPS) is 12.5. The first-order chi connectivity index (χ1) is 8.17. The highest BCUT2D eigenvalue weighted by atomic mass is 16.5. The lowest BCUT2D eigenvalue weighted by Gasteiger charge is -2.13. The number of ether oxygens (including phenoxy) is 1. The summed E-state index contributed by atoms with van der Waals surface area (Å²) < 4.78 is 5.66. The molecule has 17 heavy (non-hydrogen) atoms. The number of rotatable bonds is 7. The second-order valence-corrected chi connectivity index (χ2v) is 4.33. The molecule has 0 amide bonds. The molecule has 3 nitrogen and oxygen atoms in total. The van der Waals surface area contributed by atoms with E-state index in [1.165, 1.54) is 5.56 Å². The first-order valence-electron chi connectivity index (χ1n) is 6.18. The molecule has 0 saturated heterocycles. The number of aliphatic hydroxyl groups excluding tert-OH is 2. The lowest BCUT2D eigenvalue weighted by molar-refractivity contribution is 0.0884. The predicted octanol–water partition coefficient (Wildman–Crippen LogP) is 2.07. The van der Waals surface area contributed by atoms with E-state index in [2.05, 4.69) is 13.0 Å². The first-order valence-corrected chi connectivity index (χ1v) is 6.18. The zero-order chi connectivity index (χ0) is 12.7. The van der Waals surface area contributed by atoms with Gasteiger partial charge in [-0.25, -0.2) is 0 Å². The van der Waals surface area contributed by atoms with Crippen LogP contribution in [0.3, 0.4) is 0 Å². The van der Waals surface area contributed by atoms with Crippen LogP contribution in [0.2, 0.25) is 0 Å². The molecule has 0 heterocycles. The van der Waals surface area contributed by atoms with Gasteiger partial charge in [0.2, 0.25) is 0 Å². The minimum Gasteiger partial charge on any atom is -0.493 e. The minimum atomic E-state index is -0.644. The topological polar surface area (TPSA) is 49.7 Å². The molecule has 3 heteroatoms. The van der Waals surface area contributed by atoms with Crippen molar-refractivity contribution in [3.63, 3.8) is 0 Å². The van der Waals surface area contributed by atoms with Crippen molar-refractivity contribution in [2.75, 3.05) is 13.2 Å². The number of aryl methyl sites for hydroxylation is 2. The van der Waals surface area contributed by atoms with Crippen LogP contribution >= 0.6 is 0 Å². The van der Waals surface area contributed by atoms with E-state index in [1.54, 1.807) is 0 Å². The van der Waals surface area contributed by atoms with Gasteiger partial charge in [0.25, 0.3) is 0 Å². The van der Waals surface area contributed by atoms with E-state index in [9.17, 15) is 5.11 Å². The minimum absolute atomic E-state index is 0.184. The van der Waals surface area contributed by atoms with Crippen molar-refractivity contribution >= 4 is 0 Å². The second-order valence-electron chi connectivity index (χ2n) is 4.33. The zero-order valence-electron chi connectivity index (χ0n) is 10.6.